The molecule has 0 fully saturated rings. The lowest BCUT2D eigenvalue weighted by Gasteiger charge is -2.15. The van der Waals surface area contributed by atoms with E-state index >= 15 is 0 Å². The number of nitrogens with one attached hydrogen (secondary N) is 2. The third-order valence-corrected chi connectivity index (χ3v) is 4.24. The highest BCUT2D eigenvalue weighted by molar-refractivity contribution is 7.09. The van der Waals surface area contributed by atoms with Gasteiger partial charge in [-0.15, -0.1) is 11.3 Å². The van der Waals surface area contributed by atoms with E-state index in [1.165, 1.54) is 18.4 Å². The summed E-state index contributed by atoms with van der Waals surface area (Å²) >= 11 is 1.48. The highest BCUT2D eigenvalue weighted by atomic mass is 32.1. The van der Waals surface area contributed by atoms with Crippen LogP contribution in [0.25, 0.3) is 0 Å². The fraction of sp³-hybridized carbons (Fsp3) is 0.333. The molecule has 2 rings (SSSR count). The number of thiazole rings is 1. The van der Waals surface area contributed by atoms with Crippen LogP contribution in [0, 0.1) is 12.7 Å². The van der Waals surface area contributed by atoms with Crippen LogP contribution in [-0.4, -0.2) is 18.0 Å². The van der Waals surface area contributed by atoms with Crippen LogP contribution in [-0.2, 0) is 19.3 Å². The summed E-state index contributed by atoms with van der Waals surface area (Å²) in [5, 5.41) is 5.81. The first-order chi connectivity index (χ1) is 11.3. The number of nitrogens with zero attached hydrogens (tertiary/aromatic N) is 2. The molecule has 0 amide bonds. The molecule has 0 aliphatic carbocycles. The molecule has 0 saturated carbocycles. The van der Waals surface area contributed by atoms with E-state index in [4.69, 9.17) is 0 Å². The zero-order valence-electron chi connectivity index (χ0n) is 13.0. The number of hydrogen-bond acceptors (Lipinski definition) is 3. The molecule has 0 atom stereocenters. The van der Waals surface area contributed by atoms with Crippen molar-refractivity contribution in [2.45, 2.75) is 26.2 Å². The molecule has 0 bridgehead atoms. The van der Waals surface area contributed by atoms with Crippen LogP contribution in [0.4, 0.5) is 17.6 Å². The van der Waals surface area contributed by atoms with Crippen molar-refractivity contribution in [2.24, 2.45) is 4.99 Å². The van der Waals surface area contributed by atoms with Crippen molar-refractivity contribution in [1.29, 1.82) is 0 Å². The van der Waals surface area contributed by atoms with Crippen LogP contribution in [0.15, 0.2) is 28.7 Å². The lowest BCUT2D eigenvalue weighted by Crippen LogP contribution is -2.36. The van der Waals surface area contributed by atoms with Crippen molar-refractivity contribution in [3.05, 3.63) is 51.2 Å². The number of alkyl halides is 3. The van der Waals surface area contributed by atoms with E-state index in [0.717, 1.165) is 22.7 Å². The van der Waals surface area contributed by atoms with Gasteiger partial charge in [0.1, 0.15) is 5.82 Å². The maximum absolute atomic E-state index is 13.1. The van der Waals surface area contributed by atoms with Gasteiger partial charge in [0.2, 0.25) is 0 Å². The minimum absolute atomic E-state index is 0.0548. The van der Waals surface area contributed by atoms with Gasteiger partial charge in [0.25, 0.3) is 0 Å². The van der Waals surface area contributed by atoms with E-state index in [1.807, 2.05) is 6.92 Å². The molecule has 1 aromatic carbocycles. The highest BCUT2D eigenvalue weighted by Gasteiger charge is 2.33. The number of guanidine groups is 1. The fourth-order valence-electron chi connectivity index (χ4n) is 2.03. The molecular formula is C15H16F4N4S. The van der Waals surface area contributed by atoms with Gasteiger partial charge in [-0.1, -0.05) is 6.07 Å². The SMILES string of the molecule is CN=C(NCc1ccc(F)cc1C(F)(F)F)NCc1scnc1C. The molecule has 2 aromatic rings. The Morgan fingerprint density at radius 2 is 1.96 bits per heavy atom. The van der Waals surface area contributed by atoms with Gasteiger partial charge >= 0.3 is 6.18 Å². The molecule has 1 heterocycles. The van der Waals surface area contributed by atoms with Gasteiger partial charge in [0, 0.05) is 18.5 Å². The summed E-state index contributed by atoms with van der Waals surface area (Å²) in [6.45, 7) is 2.21. The van der Waals surface area contributed by atoms with Gasteiger partial charge in [-0.25, -0.2) is 9.37 Å². The molecule has 0 radical (unpaired) electrons. The Labute approximate surface area is 140 Å². The second-order valence-corrected chi connectivity index (χ2v) is 5.88. The summed E-state index contributed by atoms with van der Waals surface area (Å²) < 4.78 is 52.0. The molecule has 9 heteroatoms. The highest BCUT2D eigenvalue weighted by Crippen LogP contribution is 2.32. The minimum Gasteiger partial charge on any atom is -0.352 e. The Morgan fingerprint density at radius 3 is 2.54 bits per heavy atom. The Morgan fingerprint density at radius 1 is 1.25 bits per heavy atom. The van der Waals surface area contributed by atoms with Crippen molar-refractivity contribution in [1.82, 2.24) is 15.6 Å². The number of rotatable bonds is 4. The number of halogens is 4. The van der Waals surface area contributed by atoms with Crippen LogP contribution < -0.4 is 10.6 Å². The van der Waals surface area contributed by atoms with Gasteiger partial charge in [-0.2, -0.15) is 13.2 Å². The van der Waals surface area contributed by atoms with Crippen molar-refractivity contribution in [2.75, 3.05) is 7.05 Å². The normalized spacial score (nSPS) is 12.3. The molecule has 130 valence electrons. The largest absolute Gasteiger partial charge is 0.416 e. The predicted molar refractivity (Wildman–Crippen MR) is 85.3 cm³/mol. The lowest BCUT2D eigenvalue weighted by molar-refractivity contribution is -0.138. The number of aliphatic imine (C=N–C) groups is 1. The van der Waals surface area contributed by atoms with Crippen LogP contribution in [0.1, 0.15) is 21.7 Å². The van der Waals surface area contributed by atoms with E-state index in [9.17, 15) is 17.6 Å². The zero-order chi connectivity index (χ0) is 17.7. The zero-order valence-corrected chi connectivity index (χ0v) is 13.9. The first-order valence-electron chi connectivity index (χ1n) is 7.00. The summed E-state index contributed by atoms with van der Waals surface area (Å²) in [5.74, 6) is -0.575. The van der Waals surface area contributed by atoms with Crippen LogP contribution in [0.5, 0.6) is 0 Å². The molecule has 2 N–H and O–H groups in total. The standard InChI is InChI=1S/C15H16F4N4S/c1-9-13(24-8-23-9)7-22-14(20-2)21-6-10-3-4-11(16)5-12(10)15(17,18)19/h3-5,8H,6-7H2,1-2H3,(H2,20,21,22). The summed E-state index contributed by atoms with van der Waals surface area (Å²) in [5.41, 5.74) is 1.56. The molecular weight excluding hydrogens is 344 g/mol. The Balaban J connectivity index is 2.02. The first-order valence-corrected chi connectivity index (χ1v) is 7.88. The molecule has 0 spiro atoms. The molecule has 0 aliphatic heterocycles. The van der Waals surface area contributed by atoms with E-state index in [1.54, 1.807) is 5.51 Å². The Bertz CT molecular complexity index is 725. The quantitative estimate of drug-likeness (QED) is 0.499. The second kappa shape index (κ2) is 7.61. The fourth-order valence-corrected chi connectivity index (χ4v) is 2.74. The maximum atomic E-state index is 13.1. The van der Waals surface area contributed by atoms with Crippen LogP contribution in [0.3, 0.4) is 0 Å². The predicted octanol–water partition coefficient (Wildman–Crippen LogP) is 3.47. The van der Waals surface area contributed by atoms with Gasteiger partial charge in [0.05, 0.1) is 23.3 Å². The monoisotopic (exact) mass is 360 g/mol. The molecule has 0 aliphatic rings. The van der Waals surface area contributed by atoms with Crippen molar-refractivity contribution >= 4 is 17.3 Å². The third-order valence-electron chi connectivity index (χ3n) is 3.31. The number of hydrogen-bond donors (Lipinski definition) is 2. The molecule has 0 unspecified atom stereocenters. The molecule has 4 nitrogen and oxygen atoms in total. The smallest absolute Gasteiger partial charge is 0.352 e. The summed E-state index contributed by atoms with van der Waals surface area (Å²) in [4.78, 5) is 9.09. The average Bonchev–Trinajstić information content (AvgIpc) is 2.93. The molecule has 1 aromatic heterocycles. The van der Waals surface area contributed by atoms with Crippen molar-refractivity contribution in [3.63, 3.8) is 0 Å². The van der Waals surface area contributed by atoms with Gasteiger partial charge in [-0.05, 0) is 24.6 Å². The van der Waals surface area contributed by atoms with Gasteiger partial charge in [-0.3, -0.25) is 4.99 Å². The van der Waals surface area contributed by atoms with Gasteiger partial charge in [0.15, 0.2) is 5.96 Å². The molecule has 0 saturated heterocycles. The van der Waals surface area contributed by atoms with E-state index < -0.39 is 17.6 Å². The summed E-state index contributed by atoms with van der Waals surface area (Å²) in [6, 6.07) is 2.61. The Hall–Kier alpha value is -2.16. The second-order valence-electron chi connectivity index (χ2n) is 4.94. The van der Waals surface area contributed by atoms with Crippen LogP contribution in [0.2, 0.25) is 0 Å². The van der Waals surface area contributed by atoms with Crippen LogP contribution >= 0.6 is 11.3 Å². The lowest BCUT2D eigenvalue weighted by atomic mass is 10.1. The summed E-state index contributed by atoms with van der Waals surface area (Å²) in [6.07, 6.45) is -4.62. The summed E-state index contributed by atoms with van der Waals surface area (Å²) in [7, 11) is 1.52. The first kappa shape index (κ1) is 18.2. The van der Waals surface area contributed by atoms with Crippen molar-refractivity contribution < 1.29 is 17.6 Å². The number of benzene rings is 1. The van der Waals surface area contributed by atoms with E-state index in [0.29, 0.717) is 18.6 Å². The molecule has 24 heavy (non-hydrogen) atoms. The van der Waals surface area contributed by atoms with Crippen molar-refractivity contribution in [3.8, 4) is 0 Å². The third kappa shape index (κ3) is 4.67. The topological polar surface area (TPSA) is 49.3 Å². The number of aryl methyl sites for hydroxylation is 1. The average molecular weight is 360 g/mol. The van der Waals surface area contributed by atoms with E-state index in [2.05, 4.69) is 20.6 Å². The maximum Gasteiger partial charge on any atom is 0.416 e. The van der Waals surface area contributed by atoms with Gasteiger partial charge < -0.3 is 10.6 Å². The van der Waals surface area contributed by atoms with E-state index in [-0.39, 0.29) is 12.1 Å². The Kier molecular flexibility index (Phi) is 5.76. The minimum atomic E-state index is -4.62. The number of aromatic nitrogens is 1.